The van der Waals surface area contributed by atoms with Crippen molar-refractivity contribution >= 4 is 23.6 Å². The van der Waals surface area contributed by atoms with E-state index in [4.69, 9.17) is 0 Å². The number of carbonyl (C=O) groups excluding carboxylic acids is 2. The van der Waals surface area contributed by atoms with Crippen molar-refractivity contribution in [2.45, 2.75) is 60.0 Å². The Morgan fingerprint density at radius 1 is 1.29 bits per heavy atom. The molecule has 122 valence electrons. The van der Waals surface area contributed by atoms with Crippen LogP contribution in [0.3, 0.4) is 0 Å². The molecule has 0 aromatic carbocycles. The molecule has 0 aliphatic carbocycles. The maximum Gasteiger partial charge on any atom is 0.246 e. The number of amides is 2. The van der Waals surface area contributed by atoms with E-state index in [0.717, 1.165) is 17.9 Å². The van der Waals surface area contributed by atoms with Crippen molar-refractivity contribution in [3.8, 4) is 0 Å². The summed E-state index contributed by atoms with van der Waals surface area (Å²) in [6.45, 7) is 12.9. The first-order chi connectivity index (χ1) is 9.73. The van der Waals surface area contributed by atoms with Crippen LogP contribution >= 0.6 is 11.8 Å². The lowest BCUT2D eigenvalue weighted by Gasteiger charge is -2.45. The summed E-state index contributed by atoms with van der Waals surface area (Å²) in [5, 5.41) is 2.95. The fourth-order valence-electron chi connectivity index (χ4n) is 2.67. The largest absolute Gasteiger partial charge is 0.342 e. The lowest BCUT2D eigenvalue weighted by Crippen LogP contribution is -2.68. The minimum absolute atomic E-state index is 0.00498. The van der Waals surface area contributed by atoms with Gasteiger partial charge in [-0.2, -0.15) is 11.8 Å². The number of hydrogen-bond acceptors (Lipinski definition) is 3. The van der Waals surface area contributed by atoms with Crippen molar-refractivity contribution in [3.63, 3.8) is 0 Å². The van der Waals surface area contributed by atoms with Gasteiger partial charge in [0.15, 0.2) is 0 Å². The summed E-state index contributed by atoms with van der Waals surface area (Å²) in [6.07, 6.45) is 0.892. The first-order valence-corrected chi connectivity index (χ1v) is 9.08. The van der Waals surface area contributed by atoms with Crippen molar-refractivity contribution < 1.29 is 9.59 Å². The molecule has 3 unspecified atom stereocenters. The number of piperazine rings is 1. The van der Waals surface area contributed by atoms with Gasteiger partial charge in [0.1, 0.15) is 12.1 Å². The molecule has 0 aromatic rings. The van der Waals surface area contributed by atoms with Gasteiger partial charge in [-0.25, -0.2) is 0 Å². The molecule has 0 spiro atoms. The summed E-state index contributed by atoms with van der Waals surface area (Å²) in [4.78, 5) is 27.2. The highest BCUT2D eigenvalue weighted by molar-refractivity contribution is 7.99. The van der Waals surface area contributed by atoms with E-state index < -0.39 is 6.04 Å². The highest BCUT2D eigenvalue weighted by Gasteiger charge is 2.46. The standard InChI is InChI=1S/C16H30N2O2S/c1-7-11(3)12-14(19)17-13(16(4,5)6)15(20)18(12)9-10-21-8-2/h11-13H,7-10H2,1-6H3,(H,17,19). The molecule has 0 aromatic heterocycles. The molecular formula is C16H30N2O2S. The Bertz CT molecular complexity index is 379. The second-order valence-electron chi connectivity index (χ2n) is 6.87. The molecule has 0 radical (unpaired) electrons. The minimum Gasteiger partial charge on any atom is -0.342 e. The van der Waals surface area contributed by atoms with Crippen molar-refractivity contribution in [1.82, 2.24) is 10.2 Å². The maximum absolute atomic E-state index is 12.8. The number of nitrogens with zero attached hydrogens (tertiary/aromatic N) is 1. The van der Waals surface area contributed by atoms with E-state index in [-0.39, 0.29) is 29.2 Å². The Labute approximate surface area is 133 Å². The first kappa shape index (κ1) is 18.3. The molecule has 0 saturated carbocycles. The quantitative estimate of drug-likeness (QED) is 0.767. The zero-order valence-electron chi connectivity index (χ0n) is 14.2. The third-order valence-corrected chi connectivity index (χ3v) is 5.03. The Hall–Kier alpha value is -0.710. The second kappa shape index (κ2) is 7.52. The third kappa shape index (κ3) is 4.38. The molecule has 1 fully saturated rings. The van der Waals surface area contributed by atoms with Crippen LogP contribution < -0.4 is 5.32 Å². The monoisotopic (exact) mass is 314 g/mol. The Morgan fingerprint density at radius 2 is 1.90 bits per heavy atom. The van der Waals surface area contributed by atoms with Gasteiger partial charge in [0.25, 0.3) is 0 Å². The predicted molar refractivity (Wildman–Crippen MR) is 89.3 cm³/mol. The van der Waals surface area contributed by atoms with E-state index in [1.54, 1.807) is 0 Å². The van der Waals surface area contributed by atoms with Crippen LogP contribution in [0.1, 0.15) is 48.0 Å². The molecular weight excluding hydrogens is 284 g/mol. The smallest absolute Gasteiger partial charge is 0.246 e. The maximum atomic E-state index is 12.8. The number of hydrogen-bond donors (Lipinski definition) is 1. The average molecular weight is 314 g/mol. The molecule has 1 N–H and O–H groups in total. The summed E-state index contributed by atoms with van der Waals surface area (Å²) in [5.74, 6) is 2.18. The number of carbonyl (C=O) groups is 2. The normalized spacial score (nSPS) is 25.0. The fourth-order valence-corrected chi connectivity index (χ4v) is 3.28. The van der Waals surface area contributed by atoms with E-state index in [9.17, 15) is 9.59 Å². The van der Waals surface area contributed by atoms with Gasteiger partial charge in [0, 0.05) is 12.3 Å². The minimum atomic E-state index is -0.420. The summed E-state index contributed by atoms with van der Waals surface area (Å²) in [7, 11) is 0. The van der Waals surface area contributed by atoms with Crippen molar-refractivity contribution in [2.24, 2.45) is 11.3 Å². The van der Waals surface area contributed by atoms with Gasteiger partial charge in [-0.1, -0.05) is 48.0 Å². The van der Waals surface area contributed by atoms with Crippen molar-refractivity contribution in [2.75, 3.05) is 18.1 Å². The van der Waals surface area contributed by atoms with E-state index in [0.29, 0.717) is 6.54 Å². The van der Waals surface area contributed by atoms with Crippen LogP contribution in [-0.4, -0.2) is 46.8 Å². The van der Waals surface area contributed by atoms with Gasteiger partial charge < -0.3 is 10.2 Å². The number of thioether (sulfide) groups is 1. The Kier molecular flexibility index (Phi) is 6.57. The van der Waals surface area contributed by atoms with E-state index in [2.05, 4.69) is 26.1 Å². The molecule has 5 heteroatoms. The lowest BCUT2D eigenvalue weighted by atomic mass is 9.82. The van der Waals surface area contributed by atoms with E-state index in [1.807, 2.05) is 37.4 Å². The molecule has 1 saturated heterocycles. The third-order valence-electron chi connectivity index (χ3n) is 4.15. The molecule has 3 atom stereocenters. The van der Waals surface area contributed by atoms with Crippen LogP contribution in [0.2, 0.25) is 0 Å². The molecule has 2 amide bonds. The van der Waals surface area contributed by atoms with Crippen LogP contribution in [0.15, 0.2) is 0 Å². The fraction of sp³-hybridized carbons (Fsp3) is 0.875. The van der Waals surface area contributed by atoms with Crippen LogP contribution in [0.25, 0.3) is 0 Å². The highest BCUT2D eigenvalue weighted by Crippen LogP contribution is 2.28. The Balaban J connectivity index is 2.99. The summed E-state index contributed by atoms with van der Waals surface area (Å²) in [5.41, 5.74) is -0.261. The summed E-state index contributed by atoms with van der Waals surface area (Å²) < 4.78 is 0. The molecule has 1 rings (SSSR count). The number of nitrogens with one attached hydrogen (secondary N) is 1. The van der Waals surface area contributed by atoms with Gasteiger partial charge in [-0.3, -0.25) is 9.59 Å². The molecule has 21 heavy (non-hydrogen) atoms. The molecule has 4 nitrogen and oxygen atoms in total. The predicted octanol–water partition coefficient (Wildman–Crippen LogP) is 2.53. The summed E-state index contributed by atoms with van der Waals surface area (Å²) >= 11 is 1.81. The van der Waals surface area contributed by atoms with Crippen LogP contribution in [0.5, 0.6) is 0 Å². The second-order valence-corrected chi connectivity index (χ2v) is 8.26. The molecule has 0 bridgehead atoms. The number of rotatable bonds is 6. The average Bonchev–Trinajstić information content (AvgIpc) is 2.40. The first-order valence-electron chi connectivity index (χ1n) is 7.92. The topological polar surface area (TPSA) is 49.4 Å². The van der Waals surface area contributed by atoms with Crippen molar-refractivity contribution in [1.29, 1.82) is 0 Å². The SMILES string of the molecule is CCSCCN1C(=O)C(C(C)(C)C)NC(=O)C1C(C)CC. The molecule has 1 heterocycles. The van der Waals surface area contributed by atoms with Gasteiger partial charge in [0.05, 0.1) is 0 Å². The zero-order valence-corrected chi connectivity index (χ0v) is 15.0. The van der Waals surface area contributed by atoms with E-state index >= 15 is 0 Å². The zero-order chi connectivity index (χ0) is 16.2. The molecule has 1 aliphatic heterocycles. The Morgan fingerprint density at radius 3 is 2.38 bits per heavy atom. The van der Waals surface area contributed by atoms with Gasteiger partial charge >= 0.3 is 0 Å². The highest BCUT2D eigenvalue weighted by atomic mass is 32.2. The van der Waals surface area contributed by atoms with E-state index in [1.165, 1.54) is 0 Å². The van der Waals surface area contributed by atoms with Gasteiger partial charge in [0.2, 0.25) is 11.8 Å². The van der Waals surface area contributed by atoms with Crippen LogP contribution in [0, 0.1) is 11.3 Å². The van der Waals surface area contributed by atoms with Crippen molar-refractivity contribution in [3.05, 3.63) is 0 Å². The van der Waals surface area contributed by atoms with Gasteiger partial charge in [-0.05, 0) is 17.1 Å². The lowest BCUT2D eigenvalue weighted by molar-refractivity contribution is -0.154. The van der Waals surface area contributed by atoms with Crippen LogP contribution in [0.4, 0.5) is 0 Å². The van der Waals surface area contributed by atoms with Gasteiger partial charge in [-0.15, -0.1) is 0 Å². The summed E-state index contributed by atoms with van der Waals surface area (Å²) in [6, 6.07) is -0.740. The van der Waals surface area contributed by atoms with Crippen LogP contribution in [-0.2, 0) is 9.59 Å². The molecule has 1 aliphatic rings.